The molecule has 1 atom stereocenters. The van der Waals surface area contributed by atoms with Gasteiger partial charge in [-0.25, -0.2) is 0 Å². The lowest BCUT2D eigenvalue weighted by Gasteiger charge is -2.27. The number of rotatable bonds is 25. The molecule has 0 saturated carbocycles. The Balaban J connectivity index is 4.06. The number of allylic oxidation sites excluding steroid dienone is 1. The summed E-state index contributed by atoms with van der Waals surface area (Å²) in [6, 6.07) is 0. The van der Waals surface area contributed by atoms with Crippen LogP contribution in [0.25, 0.3) is 0 Å². The van der Waals surface area contributed by atoms with Crippen molar-refractivity contribution in [2.75, 3.05) is 26.2 Å². The highest BCUT2D eigenvalue weighted by atomic mass is 15.1. The molecule has 0 N–H and O–H groups in total. The van der Waals surface area contributed by atoms with E-state index in [4.69, 9.17) is 0 Å². The Hall–Kier alpha value is -0.760. The summed E-state index contributed by atoms with van der Waals surface area (Å²) in [4.78, 5) is 4.97. The van der Waals surface area contributed by atoms with Crippen LogP contribution in [0.4, 0.5) is 0 Å². The Labute approximate surface area is 203 Å². The highest BCUT2D eigenvalue weighted by Crippen LogP contribution is 2.16. The molecule has 1 unspecified atom stereocenters. The van der Waals surface area contributed by atoms with Crippen molar-refractivity contribution in [1.29, 1.82) is 0 Å². The number of hydrogen-bond acceptors (Lipinski definition) is 2. The van der Waals surface area contributed by atoms with Crippen molar-refractivity contribution in [3.63, 3.8) is 0 Å². The maximum absolute atomic E-state index is 3.94. The predicted molar refractivity (Wildman–Crippen MR) is 147 cm³/mol. The zero-order chi connectivity index (χ0) is 23.7. The second-order valence-electron chi connectivity index (χ2n) is 10.0. The SMILES string of the molecule is C=CN(/C=C\C)CCCN(CCCCCCC)CC(C)CCCCCCCCCCCC. The molecule has 0 saturated heterocycles. The van der Waals surface area contributed by atoms with Crippen molar-refractivity contribution in [2.24, 2.45) is 5.92 Å². The van der Waals surface area contributed by atoms with Crippen molar-refractivity contribution in [2.45, 2.75) is 137 Å². The van der Waals surface area contributed by atoms with E-state index >= 15 is 0 Å². The smallest absolute Gasteiger partial charge is 0.0231 e. The first kappa shape index (κ1) is 31.2. The van der Waals surface area contributed by atoms with Gasteiger partial charge in [0.05, 0.1) is 0 Å². The second-order valence-corrected chi connectivity index (χ2v) is 10.0. The van der Waals surface area contributed by atoms with Crippen LogP contribution in [0.1, 0.15) is 137 Å². The molecule has 0 heterocycles. The fourth-order valence-corrected chi connectivity index (χ4v) is 4.64. The molecule has 2 nitrogen and oxygen atoms in total. The van der Waals surface area contributed by atoms with Crippen molar-refractivity contribution in [3.8, 4) is 0 Å². The quantitative estimate of drug-likeness (QED) is 0.128. The van der Waals surface area contributed by atoms with E-state index in [9.17, 15) is 0 Å². The highest BCUT2D eigenvalue weighted by Gasteiger charge is 2.10. The number of nitrogens with zero attached hydrogens (tertiary/aromatic N) is 2. The average molecular weight is 449 g/mol. The largest absolute Gasteiger partial charge is 0.355 e. The van der Waals surface area contributed by atoms with Crippen LogP contribution >= 0.6 is 0 Å². The number of hydrogen-bond donors (Lipinski definition) is 0. The summed E-state index contributed by atoms with van der Waals surface area (Å²) in [5.74, 6) is 0.825. The van der Waals surface area contributed by atoms with E-state index in [1.807, 2.05) is 6.20 Å². The zero-order valence-electron chi connectivity index (χ0n) is 22.8. The van der Waals surface area contributed by atoms with Gasteiger partial charge in [0.15, 0.2) is 0 Å². The van der Waals surface area contributed by atoms with Gasteiger partial charge < -0.3 is 9.80 Å². The summed E-state index contributed by atoms with van der Waals surface area (Å²) >= 11 is 0. The van der Waals surface area contributed by atoms with Gasteiger partial charge in [-0.05, 0) is 57.6 Å². The van der Waals surface area contributed by atoms with Gasteiger partial charge in [0.25, 0.3) is 0 Å². The molecule has 190 valence electrons. The topological polar surface area (TPSA) is 6.48 Å². The maximum atomic E-state index is 3.94. The molecule has 0 rings (SSSR count). The highest BCUT2D eigenvalue weighted by molar-refractivity contribution is 4.85. The van der Waals surface area contributed by atoms with E-state index < -0.39 is 0 Å². The number of unbranched alkanes of at least 4 members (excludes halogenated alkanes) is 13. The third-order valence-corrected chi connectivity index (χ3v) is 6.66. The Kier molecular flexibility index (Phi) is 24.3. The van der Waals surface area contributed by atoms with Gasteiger partial charge in [-0.15, -0.1) is 0 Å². The van der Waals surface area contributed by atoms with Gasteiger partial charge in [-0.1, -0.05) is 123 Å². The normalized spacial score (nSPS) is 12.7. The first-order valence-corrected chi connectivity index (χ1v) is 14.4. The lowest BCUT2D eigenvalue weighted by atomic mass is 10.0. The minimum absolute atomic E-state index is 0.825. The van der Waals surface area contributed by atoms with Crippen LogP contribution in [0.3, 0.4) is 0 Å². The van der Waals surface area contributed by atoms with Gasteiger partial charge in [0, 0.05) is 13.1 Å². The van der Waals surface area contributed by atoms with Crippen molar-refractivity contribution >= 4 is 0 Å². The average Bonchev–Trinajstić information content (AvgIpc) is 2.79. The minimum atomic E-state index is 0.825. The summed E-state index contributed by atoms with van der Waals surface area (Å²) in [5, 5.41) is 0. The van der Waals surface area contributed by atoms with Gasteiger partial charge >= 0.3 is 0 Å². The maximum Gasteiger partial charge on any atom is 0.0231 e. The molecule has 0 radical (unpaired) electrons. The van der Waals surface area contributed by atoms with Crippen LogP contribution in [-0.2, 0) is 0 Å². The van der Waals surface area contributed by atoms with Gasteiger partial charge in [-0.3, -0.25) is 0 Å². The van der Waals surface area contributed by atoms with Crippen LogP contribution in [0.15, 0.2) is 25.1 Å². The van der Waals surface area contributed by atoms with Crippen molar-refractivity contribution in [3.05, 3.63) is 25.1 Å². The molecule has 0 spiro atoms. The molecular weight excluding hydrogens is 388 g/mol. The van der Waals surface area contributed by atoms with Crippen LogP contribution in [-0.4, -0.2) is 36.0 Å². The molecule has 0 aromatic carbocycles. The molecule has 32 heavy (non-hydrogen) atoms. The molecule has 2 heteroatoms. The molecule has 0 fully saturated rings. The summed E-state index contributed by atoms with van der Waals surface area (Å²) in [7, 11) is 0. The van der Waals surface area contributed by atoms with Crippen molar-refractivity contribution < 1.29 is 0 Å². The minimum Gasteiger partial charge on any atom is -0.355 e. The Morgan fingerprint density at radius 3 is 1.69 bits per heavy atom. The Morgan fingerprint density at radius 2 is 1.16 bits per heavy atom. The van der Waals surface area contributed by atoms with E-state index in [1.54, 1.807) is 0 Å². The monoisotopic (exact) mass is 448 g/mol. The van der Waals surface area contributed by atoms with Crippen LogP contribution in [0.5, 0.6) is 0 Å². The lowest BCUT2D eigenvalue weighted by molar-refractivity contribution is 0.217. The Morgan fingerprint density at radius 1 is 0.656 bits per heavy atom. The second kappa shape index (κ2) is 24.9. The molecular formula is C30H60N2. The first-order chi connectivity index (χ1) is 15.7. The third kappa shape index (κ3) is 21.1. The summed E-state index contributed by atoms with van der Waals surface area (Å²) in [6.07, 6.45) is 30.1. The summed E-state index contributed by atoms with van der Waals surface area (Å²) in [6.45, 7) is 18.0. The molecule has 0 amide bonds. The fourth-order valence-electron chi connectivity index (χ4n) is 4.64. The van der Waals surface area contributed by atoms with E-state index in [0.717, 1.165) is 12.5 Å². The van der Waals surface area contributed by atoms with Crippen LogP contribution in [0, 0.1) is 5.92 Å². The van der Waals surface area contributed by atoms with E-state index in [1.165, 1.54) is 129 Å². The standard InChI is InChI=1S/C30H60N2/c1-6-10-12-14-15-16-17-18-19-21-24-30(5)29-32(26-22-20-13-11-7-2)28-23-27-31(9-4)25-8-3/h8-9,25,30H,4,6-7,10-24,26-29H2,1-3,5H3/b25-8-. The van der Waals surface area contributed by atoms with E-state index in [0.29, 0.717) is 0 Å². The van der Waals surface area contributed by atoms with Crippen LogP contribution < -0.4 is 0 Å². The van der Waals surface area contributed by atoms with Gasteiger partial charge in [-0.2, -0.15) is 0 Å². The molecule has 0 aliphatic carbocycles. The molecule has 0 bridgehead atoms. The first-order valence-electron chi connectivity index (χ1n) is 14.4. The fraction of sp³-hybridized carbons (Fsp3) is 0.867. The predicted octanol–water partition coefficient (Wildman–Crippen LogP) is 9.58. The lowest BCUT2D eigenvalue weighted by Crippen LogP contribution is -2.32. The molecule has 0 aromatic rings. The van der Waals surface area contributed by atoms with E-state index in [2.05, 4.69) is 56.3 Å². The summed E-state index contributed by atoms with van der Waals surface area (Å²) in [5.41, 5.74) is 0. The molecule has 0 aliphatic rings. The summed E-state index contributed by atoms with van der Waals surface area (Å²) < 4.78 is 0. The van der Waals surface area contributed by atoms with Crippen molar-refractivity contribution in [1.82, 2.24) is 9.80 Å². The van der Waals surface area contributed by atoms with E-state index in [-0.39, 0.29) is 0 Å². The molecule has 0 aromatic heterocycles. The van der Waals surface area contributed by atoms with Crippen LogP contribution in [0.2, 0.25) is 0 Å². The third-order valence-electron chi connectivity index (χ3n) is 6.66. The molecule has 0 aliphatic heterocycles. The zero-order valence-corrected chi connectivity index (χ0v) is 22.8. The van der Waals surface area contributed by atoms with Gasteiger partial charge in [0.1, 0.15) is 0 Å². The van der Waals surface area contributed by atoms with Gasteiger partial charge in [0.2, 0.25) is 0 Å². The Bertz CT molecular complexity index is 404.